The van der Waals surface area contributed by atoms with Crippen LogP contribution in [0.2, 0.25) is 0 Å². The zero-order valence-electron chi connectivity index (χ0n) is 11.8. The van der Waals surface area contributed by atoms with E-state index in [1.165, 1.54) is 18.2 Å². The molecule has 1 aromatic carbocycles. The molecule has 21 heavy (non-hydrogen) atoms. The van der Waals surface area contributed by atoms with E-state index in [1.807, 2.05) is 0 Å². The molecule has 114 valence electrons. The molecule has 5 nitrogen and oxygen atoms in total. The van der Waals surface area contributed by atoms with E-state index in [0.29, 0.717) is 4.99 Å². The highest BCUT2D eigenvalue weighted by molar-refractivity contribution is 7.80. The Kier molecular flexibility index (Phi) is 4.67. The zero-order valence-corrected chi connectivity index (χ0v) is 12.6. The monoisotopic (exact) mass is 308 g/mol. The first-order chi connectivity index (χ1) is 9.93. The van der Waals surface area contributed by atoms with Crippen LogP contribution in [0.5, 0.6) is 11.5 Å². The van der Waals surface area contributed by atoms with Gasteiger partial charge in [0.2, 0.25) is 0 Å². The van der Waals surface area contributed by atoms with E-state index < -0.39 is 11.4 Å². The van der Waals surface area contributed by atoms with Gasteiger partial charge in [0.15, 0.2) is 0 Å². The van der Waals surface area contributed by atoms with Gasteiger partial charge in [-0.05, 0) is 25.0 Å². The Morgan fingerprint density at radius 1 is 1.10 bits per heavy atom. The Bertz CT molecular complexity index is 532. The number of thiocarbonyl (C=S) groups is 1. The molecule has 1 aromatic rings. The van der Waals surface area contributed by atoms with Crippen molar-refractivity contribution in [2.45, 2.75) is 44.1 Å². The molecule has 1 amide bonds. The summed E-state index contributed by atoms with van der Waals surface area (Å²) in [6.07, 6.45) is 5.57. The van der Waals surface area contributed by atoms with Crippen LogP contribution < -0.4 is 11.1 Å². The lowest BCUT2D eigenvalue weighted by molar-refractivity contribution is 0.0916. The number of rotatable bonds is 3. The van der Waals surface area contributed by atoms with Gasteiger partial charge in [0.1, 0.15) is 11.5 Å². The Labute approximate surface area is 129 Å². The van der Waals surface area contributed by atoms with Crippen LogP contribution >= 0.6 is 12.2 Å². The van der Waals surface area contributed by atoms with Crippen molar-refractivity contribution in [2.24, 2.45) is 5.73 Å². The third kappa shape index (κ3) is 3.64. The number of aromatic hydroxyl groups is 2. The van der Waals surface area contributed by atoms with E-state index in [9.17, 15) is 15.0 Å². The number of carbonyl (C=O) groups is 1. The fraction of sp³-hybridized carbons (Fsp3) is 0.467. The summed E-state index contributed by atoms with van der Waals surface area (Å²) in [5.41, 5.74) is 5.39. The van der Waals surface area contributed by atoms with Crippen molar-refractivity contribution < 1.29 is 15.0 Å². The second kappa shape index (κ2) is 6.30. The van der Waals surface area contributed by atoms with Crippen LogP contribution in [0.3, 0.4) is 0 Å². The number of carbonyl (C=O) groups excluding carboxylic acids is 1. The first-order valence-electron chi connectivity index (χ1n) is 7.08. The normalized spacial score (nSPS) is 17.7. The molecule has 1 aliphatic carbocycles. The van der Waals surface area contributed by atoms with Crippen LogP contribution in [0.25, 0.3) is 0 Å². The van der Waals surface area contributed by atoms with Gasteiger partial charge in [-0.2, -0.15) is 0 Å². The van der Waals surface area contributed by atoms with Crippen LogP contribution in [0.4, 0.5) is 0 Å². The molecule has 0 aromatic heterocycles. The van der Waals surface area contributed by atoms with Gasteiger partial charge in [-0.15, -0.1) is 0 Å². The molecule has 1 aliphatic rings. The van der Waals surface area contributed by atoms with Gasteiger partial charge >= 0.3 is 0 Å². The highest BCUT2D eigenvalue weighted by Gasteiger charge is 2.35. The second-order valence-electron chi connectivity index (χ2n) is 5.55. The van der Waals surface area contributed by atoms with Crippen LogP contribution in [-0.4, -0.2) is 26.6 Å². The molecule has 0 saturated heterocycles. The molecular weight excluding hydrogens is 288 g/mol. The van der Waals surface area contributed by atoms with Gasteiger partial charge in [-0.3, -0.25) is 4.79 Å². The van der Waals surface area contributed by atoms with Crippen LogP contribution in [-0.2, 0) is 0 Å². The summed E-state index contributed by atoms with van der Waals surface area (Å²) in [6.45, 7) is 0. The Morgan fingerprint density at radius 3 is 2.10 bits per heavy atom. The number of amides is 1. The number of nitrogens with two attached hydrogens (primary N) is 1. The molecule has 0 aliphatic heterocycles. The predicted molar refractivity (Wildman–Crippen MR) is 84.5 cm³/mol. The second-order valence-corrected chi connectivity index (χ2v) is 5.99. The van der Waals surface area contributed by atoms with E-state index in [2.05, 4.69) is 5.32 Å². The highest BCUT2D eigenvalue weighted by atomic mass is 32.1. The van der Waals surface area contributed by atoms with Gasteiger partial charge in [-0.25, -0.2) is 0 Å². The fourth-order valence-electron chi connectivity index (χ4n) is 2.78. The number of hydrogen-bond acceptors (Lipinski definition) is 4. The summed E-state index contributed by atoms with van der Waals surface area (Å²) >= 11 is 5.17. The molecule has 0 bridgehead atoms. The molecule has 1 fully saturated rings. The third-order valence-electron chi connectivity index (χ3n) is 3.95. The molecule has 2 rings (SSSR count). The van der Waals surface area contributed by atoms with Crippen molar-refractivity contribution in [3.63, 3.8) is 0 Å². The van der Waals surface area contributed by atoms with E-state index >= 15 is 0 Å². The molecule has 1 saturated carbocycles. The van der Waals surface area contributed by atoms with Gasteiger partial charge in [0, 0.05) is 11.6 Å². The molecule has 6 heteroatoms. The minimum Gasteiger partial charge on any atom is -0.508 e. The predicted octanol–water partition coefficient (Wildman–Crippen LogP) is 2.21. The maximum Gasteiger partial charge on any atom is 0.252 e. The molecule has 0 heterocycles. The highest BCUT2D eigenvalue weighted by Crippen LogP contribution is 2.28. The summed E-state index contributed by atoms with van der Waals surface area (Å²) in [7, 11) is 0. The molecule has 5 N–H and O–H groups in total. The Balaban J connectivity index is 2.23. The van der Waals surface area contributed by atoms with Crippen LogP contribution in [0.15, 0.2) is 18.2 Å². The lowest BCUT2D eigenvalue weighted by atomic mass is 9.89. The summed E-state index contributed by atoms with van der Waals surface area (Å²) in [6, 6.07) is 3.78. The van der Waals surface area contributed by atoms with Crippen LogP contribution in [0.1, 0.15) is 48.9 Å². The third-order valence-corrected chi connectivity index (χ3v) is 4.34. The van der Waals surface area contributed by atoms with Gasteiger partial charge in [0.05, 0.1) is 10.5 Å². The standard InChI is InChI=1S/C15H20N2O3S/c16-14(21)15(5-3-1-2-4-6-15)17-13(20)10-7-11(18)9-12(19)8-10/h7-9,18-19H,1-6H2,(H2,16,21)(H,17,20). The van der Waals surface area contributed by atoms with E-state index in [4.69, 9.17) is 18.0 Å². The molecular formula is C15H20N2O3S. The number of phenolic OH excluding ortho intramolecular Hbond substituents is 2. The largest absolute Gasteiger partial charge is 0.508 e. The SMILES string of the molecule is NC(=S)C1(NC(=O)c2cc(O)cc(O)c2)CCCCCC1. The summed E-state index contributed by atoms with van der Waals surface area (Å²) in [4.78, 5) is 12.7. The van der Waals surface area contributed by atoms with Crippen LogP contribution in [0, 0.1) is 0 Å². The lowest BCUT2D eigenvalue weighted by Crippen LogP contribution is -2.56. The van der Waals surface area contributed by atoms with E-state index in [1.54, 1.807) is 0 Å². The summed E-state index contributed by atoms with van der Waals surface area (Å²) in [5.74, 6) is -0.716. The van der Waals surface area contributed by atoms with Crippen molar-refractivity contribution in [1.82, 2.24) is 5.32 Å². The molecule has 0 atom stereocenters. The fourth-order valence-corrected chi connectivity index (χ4v) is 3.04. The number of hydrogen-bond donors (Lipinski definition) is 4. The average molecular weight is 308 g/mol. The van der Waals surface area contributed by atoms with Crippen molar-refractivity contribution in [1.29, 1.82) is 0 Å². The van der Waals surface area contributed by atoms with Crippen molar-refractivity contribution >= 4 is 23.1 Å². The number of nitrogens with one attached hydrogen (secondary N) is 1. The first kappa shape index (κ1) is 15.6. The smallest absolute Gasteiger partial charge is 0.252 e. The quantitative estimate of drug-likeness (QED) is 0.507. The maximum atomic E-state index is 12.4. The van der Waals surface area contributed by atoms with Gasteiger partial charge < -0.3 is 21.3 Å². The van der Waals surface area contributed by atoms with Crippen molar-refractivity contribution in [2.75, 3.05) is 0 Å². The Morgan fingerprint density at radius 2 is 1.62 bits per heavy atom. The summed E-state index contributed by atoms with van der Waals surface area (Å²) in [5, 5.41) is 21.9. The topological polar surface area (TPSA) is 95.6 Å². The van der Waals surface area contributed by atoms with Gasteiger partial charge in [0.25, 0.3) is 5.91 Å². The first-order valence-corrected chi connectivity index (χ1v) is 7.49. The van der Waals surface area contributed by atoms with Gasteiger partial charge in [-0.1, -0.05) is 37.9 Å². The minimum absolute atomic E-state index is 0.162. The maximum absolute atomic E-state index is 12.4. The molecule has 0 unspecified atom stereocenters. The van der Waals surface area contributed by atoms with Crippen molar-refractivity contribution in [3.05, 3.63) is 23.8 Å². The van der Waals surface area contributed by atoms with E-state index in [0.717, 1.165) is 38.5 Å². The summed E-state index contributed by atoms with van der Waals surface area (Å²) < 4.78 is 0. The number of phenols is 2. The molecule has 0 spiro atoms. The zero-order chi connectivity index (χ0) is 15.5. The average Bonchev–Trinajstić information content (AvgIpc) is 2.64. The van der Waals surface area contributed by atoms with E-state index in [-0.39, 0.29) is 17.1 Å². The Hall–Kier alpha value is -1.82. The number of benzene rings is 1. The minimum atomic E-state index is -0.677. The van der Waals surface area contributed by atoms with Crippen molar-refractivity contribution in [3.8, 4) is 11.5 Å². The lowest BCUT2D eigenvalue weighted by Gasteiger charge is -2.33. The molecule has 0 radical (unpaired) electrons.